The Kier molecular flexibility index (Phi) is 7.47. The average molecular weight is 387 g/mol. The molecule has 1 fully saturated rings. The molecule has 3 rings (SSSR count). The van der Waals surface area contributed by atoms with Crippen molar-refractivity contribution in [3.8, 4) is 5.75 Å². The van der Waals surface area contributed by atoms with Crippen LogP contribution in [0.1, 0.15) is 70.8 Å². The molecule has 152 valence electrons. The first-order valence-electron chi connectivity index (χ1n) is 10.8. The molecule has 0 unspecified atom stereocenters. The SMILES string of the molecule is CCCC1CCC(=C2C=CC(CCc3ccc(OCC)c(F)c3F)=CC2)CC1. The Morgan fingerprint density at radius 2 is 1.79 bits per heavy atom. The Balaban J connectivity index is 1.55. The van der Waals surface area contributed by atoms with Crippen molar-refractivity contribution < 1.29 is 13.5 Å². The van der Waals surface area contributed by atoms with Crippen molar-refractivity contribution in [3.05, 3.63) is 64.3 Å². The predicted molar refractivity (Wildman–Crippen MR) is 112 cm³/mol. The van der Waals surface area contributed by atoms with Gasteiger partial charge >= 0.3 is 0 Å². The van der Waals surface area contributed by atoms with E-state index in [2.05, 4.69) is 25.2 Å². The molecule has 0 bridgehead atoms. The quantitative estimate of drug-likeness (QED) is 0.472. The van der Waals surface area contributed by atoms with Gasteiger partial charge in [-0.3, -0.25) is 0 Å². The third kappa shape index (κ3) is 5.12. The number of ether oxygens (including phenoxy) is 1. The number of hydrogen-bond acceptors (Lipinski definition) is 1. The Bertz CT molecular complexity index is 763. The summed E-state index contributed by atoms with van der Waals surface area (Å²) < 4.78 is 33.4. The lowest BCUT2D eigenvalue weighted by Crippen LogP contribution is -2.09. The maximum Gasteiger partial charge on any atom is 0.200 e. The van der Waals surface area contributed by atoms with E-state index in [9.17, 15) is 8.78 Å². The van der Waals surface area contributed by atoms with E-state index >= 15 is 0 Å². The molecule has 2 aliphatic rings. The molecule has 1 aromatic carbocycles. The van der Waals surface area contributed by atoms with E-state index in [-0.39, 0.29) is 5.75 Å². The van der Waals surface area contributed by atoms with E-state index < -0.39 is 11.6 Å². The molecule has 0 atom stereocenters. The van der Waals surface area contributed by atoms with Gasteiger partial charge in [-0.2, -0.15) is 4.39 Å². The molecular formula is C25H32F2O. The van der Waals surface area contributed by atoms with E-state index in [1.807, 2.05) is 0 Å². The number of halogens is 2. The monoisotopic (exact) mass is 386 g/mol. The fourth-order valence-corrected chi connectivity index (χ4v) is 4.39. The summed E-state index contributed by atoms with van der Waals surface area (Å²) >= 11 is 0. The van der Waals surface area contributed by atoms with Crippen LogP contribution >= 0.6 is 0 Å². The summed E-state index contributed by atoms with van der Waals surface area (Å²) in [6.45, 7) is 4.36. The van der Waals surface area contributed by atoms with Crippen LogP contribution in [0.3, 0.4) is 0 Å². The van der Waals surface area contributed by atoms with Crippen LogP contribution in [-0.2, 0) is 6.42 Å². The maximum absolute atomic E-state index is 14.2. The Hall–Kier alpha value is -1.90. The number of rotatable bonds is 7. The van der Waals surface area contributed by atoms with Crippen LogP contribution in [0.5, 0.6) is 5.75 Å². The van der Waals surface area contributed by atoms with E-state index in [1.165, 1.54) is 55.7 Å². The summed E-state index contributed by atoms with van der Waals surface area (Å²) in [5.74, 6) is -0.751. The van der Waals surface area contributed by atoms with Gasteiger partial charge in [0, 0.05) is 0 Å². The third-order valence-corrected chi connectivity index (χ3v) is 6.05. The Morgan fingerprint density at radius 3 is 2.43 bits per heavy atom. The summed E-state index contributed by atoms with van der Waals surface area (Å²) in [6, 6.07) is 3.17. The van der Waals surface area contributed by atoms with Gasteiger partial charge in [0.1, 0.15) is 0 Å². The van der Waals surface area contributed by atoms with Crippen molar-refractivity contribution in [2.75, 3.05) is 6.61 Å². The number of allylic oxidation sites excluding steroid dienone is 6. The second-order valence-corrected chi connectivity index (χ2v) is 7.96. The van der Waals surface area contributed by atoms with Crippen molar-refractivity contribution in [2.24, 2.45) is 5.92 Å². The largest absolute Gasteiger partial charge is 0.491 e. The molecule has 0 spiro atoms. The molecule has 1 nitrogen and oxygen atoms in total. The van der Waals surface area contributed by atoms with Gasteiger partial charge in [0.25, 0.3) is 0 Å². The van der Waals surface area contributed by atoms with E-state index in [0.717, 1.165) is 18.8 Å². The molecule has 28 heavy (non-hydrogen) atoms. The molecule has 1 saturated carbocycles. The summed E-state index contributed by atoms with van der Waals surface area (Å²) in [5, 5.41) is 0. The highest BCUT2D eigenvalue weighted by Gasteiger charge is 2.18. The molecule has 2 aliphatic carbocycles. The number of benzene rings is 1. The van der Waals surface area contributed by atoms with Crippen LogP contribution in [-0.4, -0.2) is 6.61 Å². The van der Waals surface area contributed by atoms with Gasteiger partial charge in [-0.1, -0.05) is 55.2 Å². The lowest BCUT2D eigenvalue weighted by Gasteiger charge is -2.26. The maximum atomic E-state index is 14.2. The predicted octanol–water partition coefficient (Wildman–Crippen LogP) is 7.47. The third-order valence-electron chi connectivity index (χ3n) is 6.05. The first-order valence-corrected chi connectivity index (χ1v) is 10.8. The van der Waals surface area contributed by atoms with E-state index in [4.69, 9.17) is 4.74 Å². The molecule has 3 heteroatoms. The minimum absolute atomic E-state index is 0.00884. The fourth-order valence-electron chi connectivity index (χ4n) is 4.39. The van der Waals surface area contributed by atoms with Gasteiger partial charge in [-0.15, -0.1) is 0 Å². The van der Waals surface area contributed by atoms with E-state index in [1.54, 1.807) is 18.6 Å². The van der Waals surface area contributed by atoms with Crippen LogP contribution in [0.4, 0.5) is 8.78 Å². The van der Waals surface area contributed by atoms with Crippen LogP contribution in [0.2, 0.25) is 0 Å². The standard InChI is InChI=1S/C25H32F2O/c1-3-5-18-6-11-20(12-7-18)21-13-8-19(9-14-21)10-15-22-16-17-23(28-4-2)25(27)24(22)26/h8-9,13,16-18H,3-7,10-12,14-15H2,1-2H3. The smallest absolute Gasteiger partial charge is 0.200 e. The van der Waals surface area contributed by atoms with Gasteiger partial charge in [0.2, 0.25) is 5.82 Å². The van der Waals surface area contributed by atoms with Crippen molar-refractivity contribution in [3.63, 3.8) is 0 Å². The lowest BCUT2D eigenvalue weighted by atomic mass is 9.80. The molecular weight excluding hydrogens is 354 g/mol. The first-order chi connectivity index (χ1) is 13.6. The molecule has 1 aromatic rings. The van der Waals surface area contributed by atoms with Crippen molar-refractivity contribution in [1.29, 1.82) is 0 Å². The lowest BCUT2D eigenvalue weighted by molar-refractivity contribution is 0.313. The van der Waals surface area contributed by atoms with Crippen molar-refractivity contribution in [2.45, 2.75) is 71.6 Å². The zero-order valence-corrected chi connectivity index (χ0v) is 17.2. The number of aryl methyl sites for hydroxylation is 1. The second-order valence-electron chi connectivity index (χ2n) is 7.96. The van der Waals surface area contributed by atoms with Gasteiger partial charge in [0.05, 0.1) is 6.61 Å². The molecule has 0 saturated heterocycles. The highest BCUT2D eigenvalue weighted by Crippen LogP contribution is 2.35. The van der Waals surface area contributed by atoms with Crippen LogP contribution in [0.25, 0.3) is 0 Å². The van der Waals surface area contributed by atoms with Crippen LogP contribution < -0.4 is 4.74 Å². The Labute approximate surface area is 168 Å². The minimum Gasteiger partial charge on any atom is -0.491 e. The summed E-state index contributed by atoms with van der Waals surface area (Å²) in [6.07, 6.45) is 16.7. The van der Waals surface area contributed by atoms with Gasteiger partial charge in [-0.25, -0.2) is 4.39 Å². The minimum atomic E-state index is -0.877. The molecule has 0 heterocycles. The highest BCUT2D eigenvalue weighted by atomic mass is 19.2. The van der Waals surface area contributed by atoms with Gasteiger partial charge in [-0.05, 0) is 75.0 Å². The van der Waals surface area contributed by atoms with Crippen LogP contribution in [0, 0.1) is 17.6 Å². The summed E-state index contributed by atoms with van der Waals surface area (Å²) in [4.78, 5) is 0. The summed E-state index contributed by atoms with van der Waals surface area (Å²) in [5.41, 5.74) is 4.71. The molecule has 0 radical (unpaired) electrons. The fraction of sp³-hybridized carbons (Fsp3) is 0.520. The first kappa shape index (κ1) is 20.8. The van der Waals surface area contributed by atoms with Crippen LogP contribution in [0.15, 0.2) is 47.1 Å². The summed E-state index contributed by atoms with van der Waals surface area (Å²) in [7, 11) is 0. The van der Waals surface area contributed by atoms with Gasteiger partial charge < -0.3 is 4.74 Å². The second kappa shape index (κ2) is 10.0. The normalized spacial score (nSPS) is 19.7. The highest BCUT2D eigenvalue weighted by molar-refractivity contribution is 5.39. The molecule has 0 N–H and O–H groups in total. The molecule has 0 aliphatic heterocycles. The van der Waals surface area contributed by atoms with Crippen molar-refractivity contribution in [1.82, 2.24) is 0 Å². The number of hydrogen-bond donors (Lipinski definition) is 0. The Morgan fingerprint density at radius 1 is 1.00 bits per heavy atom. The van der Waals surface area contributed by atoms with Crippen molar-refractivity contribution >= 4 is 0 Å². The molecule has 0 amide bonds. The van der Waals surface area contributed by atoms with Gasteiger partial charge in [0.15, 0.2) is 11.6 Å². The zero-order valence-electron chi connectivity index (χ0n) is 17.2. The van der Waals surface area contributed by atoms with E-state index in [0.29, 0.717) is 18.6 Å². The zero-order chi connectivity index (χ0) is 19.9. The molecule has 0 aromatic heterocycles. The topological polar surface area (TPSA) is 9.23 Å². The average Bonchev–Trinajstić information content (AvgIpc) is 2.72.